The Bertz CT molecular complexity index is 598. The molecule has 0 saturated heterocycles. The van der Waals surface area contributed by atoms with Gasteiger partial charge in [-0.05, 0) is 32.3 Å². The van der Waals surface area contributed by atoms with E-state index in [4.69, 9.17) is 4.74 Å². The minimum Gasteiger partial charge on any atom is -0.494 e. The molecule has 1 aliphatic carbocycles. The lowest BCUT2D eigenvalue weighted by molar-refractivity contribution is 0.336. The van der Waals surface area contributed by atoms with Crippen LogP contribution in [0.25, 0.3) is 0 Å². The molecule has 0 spiro atoms. The second-order valence-corrected chi connectivity index (χ2v) is 8.27. The summed E-state index contributed by atoms with van der Waals surface area (Å²) in [6.45, 7) is 5.31. The van der Waals surface area contributed by atoms with E-state index in [2.05, 4.69) is 21.7 Å². The van der Waals surface area contributed by atoms with Gasteiger partial charge >= 0.3 is 0 Å². The predicted molar refractivity (Wildman–Crippen MR) is 121 cm³/mol. The van der Waals surface area contributed by atoms with Crippen LogP contribution in [0.4, 0.5) is 0 Å². The van der Waals surface area contributed by atoms with Crippen LogP contribution in [0.15, 0.2) is 29.3 Å². The molecule has 0 aliphatic heterocycles. The van der Waals surface area contributed by atoms with E-state index in [1.165, 1.54) is 0 Å². The van der Waals surface area contributed by atoms with Crippen molar-refractivity contribution < 1.29 is 8.95 Å². The number of rotatable bonds is 7. The topological polar surface area (TPSA) is 62.7 Å². The quantitative estimate of drug-likeness (QED) is 0.347. The average Bonchev–Trinajstić information content (AvgIpc) is 2.66. The molecule has 3 unspecified atom stereocenters. The smallest absolute Gasteiger partial charge is 0.191 e. The number of hydrogen-bond acceptors (Lipinski definition) is 3. The van der Waals surface area contributed by atoms with Crippen LogP contribution in [-0.4, -0.2) is 40.9 Å². The van der Waals surface area contributed by atoms with Crippen LogP contribution in [0, 0.1) is 0 Å². The maximum absolute atomic E-state index is 12.1. The maximum atomic E-state index is 12.1. The number of aliphatic imine (C=N–C) groups is 1. The summed E-state index contributed by atoms with van der Waals surface area (Å²) < 4.78 is 17.8. The Morgan fingerprint density at radius 3 is 2.77 bits per heavy atom. The minimum atomic E-state index is -0.707. The van der Waals surface area contributed by atoms with Crippen molar-refractivity contribution in [3.8, 4) is 5.75 Å². The summed E-state index contributed by atoms with van der Waals surface area (Å²) >= 11 is 0. The Morgan fingerprint density at radius 1 is 1.31 bits per heavy atom. The summed E-state index contributed by atoms with van der Waals surface area (Å²) in [5, 5.41) is 7.19. The van der Waals surface area contributed by atoms with Crippen molar-refractivity contribution >= 4 is 40.7 Å². The first-order valence-corrected chi connectivity index (χ1v) is 10.6. The van der Waals surface area contributed by atoms with Gasteiger partial charge < -0.3 is 15.4 Å². The Hall–Kier alpha value is -0.830. The van der Waals surface area contributed by atoms with Gasteiger partial charge in [0.1, 0.15) is 5.75 Å². The molecule has 26 heavy (non-hydrogen) atoms. The fourth-order valence-electron chi connectivity index (χ4n) is 3.26. The Kier molecular flexibility index (Phi) is 11.2. The molecule has 0 bridgehead atoms. The highest BCUT2D eigenvalue weighted by Gasteiger charge is 2.26. The molecule has 0 aromatic heterocycles. The van der Waals surface area contributed by atoms with Crippen molar-refractivity contribution in [3.05, 3.63) is 29.8 Å². The molecule has 0 radical (unpaired) electrons. The molecule has 0 amide bonds. The van der Waals surface area contributed by atoms with Crippen molar-refractivity contribution in [2.45, 2.75) is 57.4 Å². The minimum absolute atomic E-state index is 0. The monoisotopic (exact) mass is 493 g/mol. The van der Waals surface area contributed by atoms with Crippen LogP contribution in [0.2, 0.25) is 0 Å². The number of halogens is 1. The SMILES string of the molecule is CCOc1ccccc1CNC(=NC)NC1CCCC(S(=O)CC)C1.I. The second-order valence-electron chi connectivity index (χ2n) is 6.27. The van der Waals surface area contributed by atoms with E-state index >= 15 is 0 Å². The normalized spacial score (nSPS) is 21.4. The summed E-state index contributed by atoms with van der Waals surface area (Å²) in [5.74, 6) is 2.45. The number of hydrogen-bond donors (Lipinski definition) is 2. The summed E-state index contributed by atoms with van der Waals surface area (Å²) in [6, 6.07) is 8.39. The number of nitrogens with one attached hydrogen (secondary N) is 2. The summed E-state index contributed by atoms with van der Waals surface area (Å²) in [5.41, 5.74) is 1.11. The third-order valence-electron chi connectivity index (χ3n) is 4.57. The van der Waals surface area contributed by atoms with Crippen LogP contribution in [-0.2, 0) is 17.3 Å². The van der Waals surface area contributed by atoms with Gasteiger partial charge in [0.15, 0.2) is 5.96 Å². The lowest BCUT2D eigenvalue weighted by Crippen LogP contribution is -2.46. The maximum Gasteiger partial charge on any atom is 0.191 e. The average molecular weight is 493 g/mol. The van der Waals surface area contributed by atoms with E-state index in [1.54, 1.807) is 7.05 Å². The molecule has 1 aromatic rings. The lowest BCUT2D eigenvalue weighted by Gasteiger charge is -2.30. The number of guanidine groups is 1. The Labute approximate surface area is 177 Å². The van der Waals surface area contributed by atoms with Gasteiger partial charge in [0.2, 0.25) is 0 Å². The van der Waals surface area contributed by atoms with Gasteiger partial charge in [-0.3, -0.25) is 9.20 Å². The molecule has 2 N–H and O–H groups in total. The van der Waals surface area contributed by atoms with E-state index in [-0.39, 0.29) is 24.0 Å². The van der Waals surface area contributed by atoms with Gasteiger partial charge in [-0.15, -0.1) is 24.0 Å². The van der Waals surface area contributed by atoms with Gasteiger partial charge in [0.25, 0.3) is 0 Å². The van der Waals surface area contributed by atoms with Gasteiger partial charge in [-0.1, -0.05) is 31.5 Å². The van der Waals surface area contributed by atoms with Crippen molar-refractivity contribution in [1.29, 1.82) is 0 Å². The predicted octanol–water partition coefficient (Wildman–Crippen LogP) is 3.45. The number of ether oxygens (including phenoxy) is 1. The molecule has 148 valence electrons. The summed E-state index contributed by atoms with van der Waals surface area (Å²) in [7, 11) is 1.08. The van der Waals surface area contributed by atoms with E-state index in [0.29, 0.717) is 24.4 Å². The molecule has 5 nitrogen and oxygen atoms in total. The molecule has 1 fully saturated rings. The third-order valence-corrected chi connectivity index (χ3v) is 6.31. The first-order chi connectivity index (χ1) is 12.2. The van der Waals surface area contributed by atoms with Crippen LogP contribution >= 0.6 is 24.0 Å². The van der Waals surface area contributed by atoms with E-state index in [9.17, 15) is 4.21 Å². The fraction of sp³-hybridized carbons (Fsp3) is 0.632. The molecule has 2 rings (SSSR count). The highest BCUT2D eigenvalue weighted by Crippen LogP contribution is 2.23. The summed E-state index contributed by atoms with van der Waals surface area (Å²) in [4.78, 5) is 4.34. The molecule has 1 saturated carbocycles. The van der Waals surface area contributed by atoms with Gasteiger partial charge in [0, 0.05) is 47.0 Å². The number of benzene rings is 1. The Morgan fingerprint density at radius 2 is 2.08 bits per heavy atom. The van der Waals surface area contributed by atoms with Gasteiger partial charge in [0.05, 0.1) is 6.61 Å². The zero-order valence-corrected chi connectivity index (χ0v) is 19.1. The summed E-state index contributed by atoms with van der Waals surface area (Å²) in [6.07, 6.45) is 4.26. The lowest BCUT2D eigenvalue weighted by atomic mass is 9.95. The van der Waals surface area contributed by atoms with Crippen LogP contribution in [0.1, 0.15) is 45.1 Å². The van der Waals surface area contributed by atoms with Crippen molar-refractivity contribution in [1.82, 2.24) is 10.6 Å². The molecular formula is C19H32IN3O2S. The van der Waals surface area contributed by atoms with Crippen molar-refractivity contribution in [3.63, 3.8) is 0 Å². The molecule has 1 aromatic carbocycles. The zero-order valence-electron chi connectivity index (χ0n) is 16.0. The third kappa shape index (κ3) is 7.06. The molecular weight excluding hydrogens is 461 g/mol. The molecule has 1 aliphatic rings. The fourth-order valence-corrected chi connectivity index (χ4v) is 4.61. The van der Waals surface area contributed by atoms with Crippen LogP contribution in [0.3, 0.4) is 0 Å². The van der Waals surface area contributed by atoms with Crippen molar-refractivity contribution in [2.24, 2.45) is 4.99 Å². The standard InChI is InChI=1S/C19H31N3O2S.HI/c1-4-24-18-12-7-6-9-15(18)14-21-19(20-3)22-16-10-8-11-17(13-16)25(23)5-2;/h6-7,9,12,16-17H,4-5,8,10-11,13-14H2,1-3H3,(H2,20,21,22);1H. The van der Waals surface area contributed by atoms with Crippen LogP contribution < -0.4 is 15.4 Å². The van der Waals surface area contributed by atoms with E-state index in [0.717, 1.165) is 48.7 Å². The highest BCUT2D eigenvalue weighted by molar-refractivity contribution is 14.0. The molecule has 7 heteroatoms. The van der Waals surface area contributed by atoms with E-state index in [1.807, 2.05) is 32.0 Å². The number of para-hydroxylation sites is 1. The molecule has 0 heterocycles. The van der Waals surface area contributed by atoms with Crippen molar-refractivity contribution in [2.75, 3.05) is 19.4 Å². The largest absolute Gasteiger partial charge is 0.494 e. The first-order valence-electron chi connectivity index (χ1n) is 9.23. The highest BCUT2D eigenvalue weighted by atomic mass is 127. The zero-order chi connectivity index (χ0) is 18.1. The van der Waals surface area contributed by atoms with Gasteiger partial charge in [-0.25, -0.2) is 0 Å². The van der Waals surface area contributed by atoms with Gasteiger partial charge in [-0.2, -0.15) is 0 Å². The van der Waals surface area contributed by atoms with E-state index < -0.39 is 10.8 Å². The number of nitrogens with zero attached hydrogens (tertiary/aromatic N) is 1. The molecule has 3 atom stereocenters. The second kappa shape index (κ2) is 12.5. The van der Waals surface area contributed by atoms with Crippen LogP contribution in [0.5, 0.6) is 5.75 Å². The Balaban J connectivity index is 0.00000338. The first kappa shape index (κ1) is 23.2.